The number of hydrogen-bond donors (Lipinski definition) is 0. The Labute approximate surface area is 101 Å². The zero-order valence-corrected chi connectivity index (χ0v) is 10.2. The molecule has 1 aliphatic heterocycles. The van der Waals surface area contributed by atoms with Crippen LogP contribution in [-0.4, -0.2) is 32.0 Å². The van der Waals surface area contributed by atoms with Crippen LogP contribution in [0.3, 0.4) is 0 Å². The molecular weight excluding hydrogens is 218 g/mol. The minimum atomic E-state index is -0.568. The molecule has 0 spiro atoms. The monoisotopic (exact) mass is 235 g/mol. The Kier molecular flexibility index (Phi) is 3.52. The largest absolute Gasteiger partial charge is 0.508 e. The fourth-order valence-electron chi connectivity index (χ4n) is 1.87. The minimum Gasteiger partial charge on any atom is -0.432 e. The van der Waals surface area contributed by atoms with Crippen molar-refractivity contribution in [1.29, 1.82) is 0 Å². The van der Waals surface area contributed by atoms with E-state index < -0.39 is 6.16 Å². The number of hydrogen-bond acceptors (Lipinski definition) is 4. The van der Waals surface area contributed by atoms with Crippen LogP contribution < -0.4 is 4.90 Å². The maximum atomic E-state index is 11.1. The molecule has 0 radical (unpaired) electrons. The number of anilines is 1. The molecule has 0 bridgehead atoms. The summed E-state index contributed by atoms with van der Waals surface area (Å²) in [5, 5.41) is 0. The lowest BCUT2D eigenvalue weighted by Gasteiger charge is -2.29. The van der Waals surface area contributed by atoms with Crippen LogP contribution in [0.5, 0.6) is 0 Å². The average molecular weight is 235 g/mol. The Morgan fingerprint density at radius 2 is 2.00 bits per heavy atom. The van der Waals surface area contributed by atoms with Crippen molar-refractivity contribution < 1.29 is 14.3 Å². The quantitative estimate of drug-likeness (QED) is 0.700. The molecule has 2 rings (SSSR count). The van der Waals surface area contributed by atoms with Crippen LogP contribution >= 0.6 is 0 Å². The Hall–Kier alpha value is -1.71. The number of ether oxygens (including phenoxy) is 2. The summed E-state index contributed by atoms with van der Waals surface area (Å²) in [6, 6.07) is 8.30. The van der Waals surface area contributed by atoms with Gasteiger partial charge in [0.1, 0.15) is 12.7 Å². The molecule has 0 saturated carbocycles. The van der Waals surface area contributed by atoms with Gasteiger partial charge in [-0.15, -0.1) is 0 Å². The number of benzene rings is 1. The summed E-state index contributed by atoms with van der Waals surface area (Å²) in [6.45, 7) is 5.68. The molecule has 17 heavy (non-hydrogen) atoms. The summed E-state index contributed by atoms with van der Waals surface area (Å²) in [5.41, 5.74) is 2.36. The molecule has 0 amide bonds. The molecule has 1 aromatic rings. The van der Waals surface area contributed by atoms with Crippen molar-refractivity contribution in [2.45, 2.75) is 20.0 Å². The fraction of sp³-hybridized carbons (Fsp3) is 0.462. The van der Waals surface area contributed by atoms with Crippen LogP contribution in [0.2, 0.25) is 0 Å². The van der Waals surface area contributed by atoms with E-state index in [1.165, 1.54) is 5.56 Å². The van der Waals surface area contributed by atoms with Crippen LogP contribution in [-0.2, 0) is 9.47 Å². The lowest BCUT2D eigenvalue weighted by Crippen LogP contribution is -2.39. The van der Waals surface area contributed by atoms with Crippen LogP contribution in [0.4, 0.5) is 10.5 Å². The first-order valence-corrected chi connectivity index (χ1v) is 5.80. The molecule has 1 atom stereocenters. The summed E-state index contributed by atoms with van der Waals surface area (Å²) in [6.07, 6.45) is -0.731. The number of carbonyl (C=O) groups excluding carboxylic acids is 1. The summed E-state index contributed by atoms with van der Waals surface area (Å²) < 4.78 is 9.99. The van der Waals surface area contributed by atoms with Crippen molar-refractivity contribution in [3.8, 4) is 0 Å². The maximum Gasteiger partial charge on any atom is 0.508 e. The van der Waals surface area contributed by atoms with Crippen molar-refractivity contribution in [2.75, 3.05) is 24.6 Å². The van der Waals surface area contributed by atoms with E-state index in [0.29, 0.717) is 19.7 Å². The van der Waals surface area contributed by atoms with Gasteiger partial charge in [-0.05, 0) is 26.0 Å². The summed E-state index contributed by atoms with van der Waals surface area (Å²) in [4.78, 5) is 13.2. The molecule has 1 aromatic carbocycles. The Bertz CT molecular complexity index is 388. The average Bonchev–Trinajstić information content (AvgIpc) is 2.26. The number of aryl methyl sites for hydroxylation is 1. The van der Waals surface area contributed by atoms with Gasteiger partial charge >= 0.3 is 6.16 Å². The summed E-state index contributed by atoms with van der Waals surface area (Å²) in [5.74, 6) is 0. The Morgan fingerprint density at radius 3 is 2.71 bits per heavy atom. The first kappa shape index (κ1) is 11.8. The second-order valence-corrected chi connectivity index (χ2v) is 4.31. The van der Waals surface area contributed by atoms with Crippen LogP contribution in [0, 0.1) is 6.92 Å². The lowest BCUT2D eigenvalue weighted by atomic mass is 10.2. The minimum absolute atomic E-state index is 0.163. The van der Waals surface area contributed by atoms with Crippen molar-refractivity contribution in [3.63, 3.8) is 0 Å². The van der Waals surface area contributed by atoms with E-state index in [0.717, 1.165) is 5.69 Å². The highest BCUT2D eigenvalue weighted by molar-refractivity contribution is 5.60. The fourth-order valence-corrected chi connectivity index (χ4v) is 1.87. The second kappa shape index (κ2) is 5.08. The van der Waals surface area contributed by atoms with E-state index in [1.807, 2.05) is 6.92 Å². The smallest absolute Gasteiger partial charge is 0.432 e. The lowest BCUT2D eigenvalue weighted by molar-refractivity contribution is 0.0245. The molecule has 1 heterocycles. The normalized spacial score (nSPS) is 21.2. The van der Waals surface area contributed by atoms with Gasteiger partial charge in [-0.2, -0.15) is 0 Å². The third-order valence-corrected chi connectivity index (χ3v) is 2.76. The molecule has 4 heteroatoms. The molecule has 0 N–H and O–H groups in total. The van der Waals surface area contributed by atoms with E-state index in [-0.39, 0.29) is 6.10 Å². The number of nitrogens with zero attached hydrogens (tertiary/aromatic N) is 1. The molecule has 1 aliphatic rings. The van der Waals surface area contributed by atoms with Gasteiger partial charge in [-0.25, -0.2) is 4.79 Å². The van der Waals surface area contributed by atoms with E-state index in [1.54, 1.807) is 0 Å². The third-order valence-electron chi connectivity index (χ3n) is 2.76. The predicted octanol–water partition coefficient (Wildman–Crippen LogP) is 2.36. The molecular formula is C13H17NO3. The zero-order chi connectivity index (χ0) is 12.3. The third kappa shape index (κ3) is 3.12. The van der Waals surface area contributed by atoms with Gasteiger partial charge in [0.25, 0.3) is 0 Å². The molecule has 0 aromatic heterocycles. The number of carbonyl (C=O) groups is 1. The van der Waals surface area contributed by atoms with Gasteiger partial charge in [-0.3, -0.25) is 0 Å². The van der Waals surface area contributed by atoms with Gasteiger partial charge in [0.05, 0.1) is 13.1 Å². The molecule has 1 saturated heterocycles. The summed E-state index contributed by atoms with van der Waals surface area (Å²) in [7, 11) is 0. The number of rotatable bonds is 1. The van der Waals surface area contributed by atoms with Crippen molar-refractivity contribution >= 4 is 11.8 Å². The molecule has 92 valence electrons. The van der Waals surface area contributed by atoms with Gasteiger partial charge in [0, 0.05) is 5.69 Å². The van der Waals surface area contributed by atoms with Gasteiger partial charge in [0.2, 0.25) is 0 Å². The second-order valence-electron chi connectivity index (χ2n) is 4.31. The first-order chi connectivity index (χ1) is 8.15. The van der Waals surface area contributed by atoms with Crippen molar-refractivity contribution in [2.24, 2.45) is 0 Å². The molecule has 4 nitrogen and oxygen atoms in total. The van der Waals surface area contributed by atoms with Gasteiger partial charge in [-0.1, -0.05) is 17.7 Å². The van der Waals surface area contributed by atoms with Crippen LogP contribution in [0.1, 0.15) is 12.5 Å². The molecule has 1 fully saturated rings. The molecule has 0 aliphatic carbocycles. The van der Waals surface area contributed by atoms with Crippen molar-refractivity contribution in [1.82, 2.24) is 0 Å². The van der Waals surface area contributed by atoms with E-state index in [2.05, 4.69) is 36.1 Å². The van der Waals surface area contributed by atoms with Crippen LogP contribution in [0.15, 0.2) is 24.3 Å². The Morgan fingerprint density at radius 1 is 1.29 bits per heavy atom. The molecule has 1 unspecified atom stereocenters. The van der Waals surface area contributed by atoms with E-state index >= 15 is 0 Å². The SMILES string of the molecule is Cc1ccc(N2CCOC(=O)OC(C)C2)cc1. The predicted molar refractivity (Wildman–Crippen MR) is 65.3 cm³/mol. The van der Waals surface area contributed by atoms with E-state index in [9.17, 15) is 4.79 Å². The highest BCUT2D eigenvalue weighted by Gasteiger charge is 2.19. The van der Waals surface area contributed by atoms with Gasteiger partial charge < -0.3 is 14.4 Å². The summed E-state index contributed by atoms with van der Waals surface area (Å²) >= 11 is 0. The standard InChI is InChI=1S/C13H17NO3/c1-10-3-5-12(6-4-10)14-7-8-16-13(15)17-11(2)9-14/h3-6,11H,7-9H2,1-2H3. The van der Waals surface area contributed by atoms with Gasteiger partial charge in [0.15, 0.2) is 0 Å². The maximum absolute atomic E-state index is 11.1. The highest BCUT2D eigenvalue weighted by atomic mass is 16.7. The highest BCUT2D eigenvalue weighted by Crippen LogP contribution is 2.17. The van der Waals surface area contributed by atoms with Crippen molar-refractivity contribution in [3.05, 3.63) is 29.8 Å². The zero-order valence-electron chi connectivity index (χ0n) is 10.2. The Balaban J connectivity index is 2.09. The topological polar surface area (TPSA) is 38.8 Å². The van der Waals surface area contributed by atoms with Crippen LogP contribution in [0.25, 0.3) is 0 Å². The first-order valence-electron chi connectivity index (χ1n) is 5.80. The van der Waals surface area contributed by atoms with E-state index in [4.69, 9.17) is 9.47 Å². The number of cyclic esters (lactones) is 2.